The van der Waals surface area contributed by atoms with Crippen molar-refractivity contribution in [1.82, 2.24) is 4.31 Å². The fourth-order valence-corrected chi connectivity index (χ4v) is 4.30. The van der Waals surface area contributed by atoms with Gasteiger partial charge in [-0.2, -0.15) is 4.31 Å². The summed E-state index contributed by atoms with van der Waals surface area (Å²) in [5.41, 5.74) is -0.284. The molecule has 2 aliphatic heterocycles. The van der Waals surface area contributed by atoms with Crippen molar-refractivity contribution in [3.8, 4) is 0 Å². The smallest absolute Gasteiger partial charge is 0.335 e. The van der Waals surface area contributed by atoms with E-state index in [9.17, 15) is 17.6 Å². The van der Waals surface area contributed by atoms with Crippen molar-refractivity contribution in [2.75, 3.05) is 13.1 Å². The monoisotopic (exact) mass is 315 g/mol. The first-order chi connectivity index (χ1) is 9.88. The zero-order valence-electron chi connectivity index (χ0n) is 11.0. The first-order valence-electron chi connectivity index (χ1n) is 6.56. The minimum atomic E-state index is -3.98. The highest BCUT2D eigenvalue weighted by molar-refractivity contribution is 7.89. The Balaban J connectivity index is 1.93. The lowest BCUT2D eigenvalue weighted by Gasteiger charge is -2.31. The van der Waals surface area contributed by atoms with Crippen molar-refractivity contribution in [2.24, 2.45) is 0 Å². The number of carboxylic acids is 1. The van der Waals surface area contributed by atoms with Gasteiger partial charge in [-0.3, -0.25) is 0 Å². The van der Waals surface area contributed by atoms with E-state index in [0.717, 1.165) is 31.0 Å². The van der Waals surface area contributed by atoms with Crippen LogP contribution in [0.2, 0.25) is 0 Å². The van der Waals surface area contributed by atoms with E-state index in [-0.39, 0.29) is 30.9 Å². The maximum Gasteiger partial charge on any atom is 0.335 e. The van der Waals surface area contributed by atoms with E-state index in [2.05, 4.69) is 0 Å². The number of morpholine rings is 1. The Labute approximate surface area is 121 Å². The highest BCUT2D eigenvalue weighted by Crippen LogP contribution is 2.30. The normalized spacial score (nSPS) is 26.0. The summed E-state index contributed by atoms with van der Waals surface area (Å²) in [6.07, 6.45) is 1.33. The van der Waals surface area contributed by atoms with Crippen molar-refractivity contribution < 1.29 is 27.4 Å². The van der Waals surface area contributed by atoms with Gasteiger partial charge in [-0.05, 0) is 31.0 Å². The van der Waals surface area contributed by atoms with Crippen LogP contribution in [-0.4, -0.2) is 49.1 Å². The molecule has 2 fully saturated rings. The van der Waals surface area contributed by atoms with Gasteiger partial charge in [-0.1, -0.05) is 0 Å². The standard InChI is InChI=1S/C13H14FNO5S/c14-11-5-8(13(16)17)1-4-12(11)21(18,19)15-6-9-2-3-10(7-15)20-9/h1,4-5,9-10H,2-3,6-7H2,(H,16,17). The van der Waals surface area contributed by atoms with E-state index in [4.69, 9.17) is 9.84 Å². The molecule has 1 aromatic rings. The van der Waals surface area contributed by atoms with Crippen LogP contribution in [0.4, 0.5) is 4.39 Å². The number of benzene rings is 1. The van der Waals surface area contributed by atoms with Crippen LogP contribution in [0.3, 0.4) is 0 Å². The van der Waals surface area contributed by atoms with Gasteiger partial charge in [0.1, 0.15) is 10.7 Å². The van der Waals surface area contributed by atoms with Gasteiger partial charge in [0.15, 0.2) is 0 Å². The van der Waals surface area contributed by atoms with Crippen LogP contribution in [0.5, 0.6) is 0 Å². The summed E-state index contributed by atoms with van der Waals surface area (Å²) in [5, 5.41) is 8.79. The lowest BCUT2D eigenvalue weighted by Crippen LogP contribution is -2.45. The molecule has 0 radical (unpaired) electrons. The molecule has 21 heavy (non-hydrogen) atoms. The predicted octanol–water partition coefficient (Wildman–Crippen LogP) is 1.08. The highest BCUT2D eigenvalue weighted by Gasteiger charge is 2.40. The molecule has 2 aliphatic rings. The lowest BCUT2D eigenvalue weighted by atomic mass is 10.2. The Morgan fingerprint density at radius 2 is 1.90 bits per heavy atom. The molecule has 2 heterocycles. The zero-order chi connectivity index (χ0) is 15.2. The number of fused-ring (bicyclic) bond motifs is 2. The summed E-state index contributed by atoms with van der Waals surface area (Å²) in [4.78, 5) is 10.3. The first kappa shape index (κ1) is 14.4. The van der Waals surface area contributed by atoms with E-state index in [1.165, 1.54) is 4.31 Å². The topological polar surface area (TPSA) is 83.9 Å². The number of rotatable bonds is 3. The van der Waals surface area contributed by atoms with Crippen LogP contribution in [0.15, 0.2) is 23.1 Å². The summed E-state index contributed by atoms with van der Waals surface area (Å²) in [6.45, 7) is 0.415. The molecule has 1 N–H and O–H groups in total. The van der Waals surface area contributed by atoms with Crippen LogP contribution < -0.4 is 0 Å². The first-order valence-corrected chi connectivity index (χ1v) is 8.00. The van der Waals surface area contributed by atoms with Gasteiger partial charge in [-0.25, -0.2) is 17.6 Å². The van der Waals surface area contributed by atoms with Gasteiger partial charge in [0, 0.05) is 13.1 Å². The van der Waals surface area contributed by atoms with E-state index in [1.807, 2.05) is 0 Å². The molecule has 2 bridgehead atoms. The van der Waals surface area contributed by atoms with Crippen molar-refractivity contribution in [3.63, 3.8) is 0 Å². The van der Waals surface area contributed by atoms with Crippen molar-refractivity contribution in [3.05, 3.63) is 29.6 Å². The number of sulfonamides is 1. The molecule has 2 atom stereocenters. The molecule has 0 amide bonds. The Morgan fingerprint density at radius 3 is 2.43 bits per heavy atom. The molecule has 0 saturated carbocycles. The number of aromatic carboxylic acids is 1. The van der Waals surface area contributed by atoms with Crippen molar-refractivity contribution in [1.29, 1.82) is 0 Å². The molecule has 3 rings (SSSR count). The van der Waals surface area contributed by atoms with Gasteiger partial charge in [0.25, 0.3) is 0 Å². The summed E-state index contributed by atoms with van der Waals surface area (Å²) < 4.78 is 45.7. The van der Waals surface area contributed by atoms with E-state index in [0.29, 0.717) is 0 Å². The largest absolute Gasteiger partial charge is 0.478 e. The van der Waals surface area contributed by atoms with Crippen LogP contribution in [0.1, 0.15) is 23.2 Å². The Kier molecular flexibility index (Phi) is 3.46. The molecular weight excluding hydrogens is 301 g/mol. The average molecular weight is 315 g/mol. The van der Waals surface area contributed by atoms with Gasteiger partial charge in [0.05, 0.1) is 17.8 Å². The molecule has 2 saturated heterocycles. The van der Waals surface area contributed by atoms with Gasteiger partial charge >= 0.3 is 5.97 Å². The fraction of sp³-hybridized carbons (Fsp3) is 0.462. The summed E-state index contributed by atoms with van der Waals surface area (Å²) >= 11 is 0. The van der Waals surface area contributed by atoms with Crippen LogP contribution >= 0.6 is 0 Å². The van der Waals surface area contributed by atoms with E-state index < -0.39 is 26.7 Å². The van der Waals surface area contributed by atoms with Crippen molar-refractivity contribution >= 4 is 16.0 Å². The Bertz CT molecular complexity index is 678. The van der Waals surface area contributed by atoms with Crippen LogP contribution in [0.25, 0.3) is 0 Å². The second-order valence-corrected chi connectivity index (χ2v) is 7.14. The third-order valence-electron chi connectivity index (χ3n) is 3.81. The molecule has 0 spiro atoms. The number of nitrogens with zero attached hydrogens (tertiary/aromatic N) is 1. The van der Waals surface area contributed by atoms with Crippen molar-refractivity contribution in [2.45, 2.75) is 29.9 Å². The molecule has 0 aliphatic carbocycles. The summed E-state index contributed by atoms with van der Waals surface area (Å²) in [6, 6.07) is 2.82. The van der Waals surface area contributed by atoms with Crippen LogP contribution in [-0.2, 0) is 14.8 Å². The SMILES string of the molecule is O=C(O)c1ccc(S(=O)(=O)N2CC3CCC(C2)O3)c(F)c1. The number of carboxylic acid groups (broad SMARTS) is 1. The third-order valence-corrected chi connectivity index (χ3v) is 5.67. The minimum absolute atomic E-state index is 0.139. The number of ether oxygens (including phenoxy) is 1. The predicted molar refractivity (Wildman–Crippen MR) is 70.0 cm³/mol. The summed E-state index contributed by atoms with van der Waals surface area (Å²) in [7, 11) is -3.98. The highest BCUT2D eigenvalue weighted by atomic mass is 32.2. The quantitative estimate of drug-likeness (QED) is 0.902. The van der Waals surface area contributed by atoms with E-state index in [1.54, 1.807) is 0 Å². The van der Waals surface area contributed by atoms with Crippen LogP contribution in [0, 0.1) is 5.82 Å². The zero-order valence-corrected chi connectivity index (χ0v) is 11.8. The number of hydrogen-bond donors (Lipinski definition) is 1. The second-order valence-electron chi connectivity index (χ2n) is 5.23. The molecule has 1 aromatic carbocycles. The maximum absolute atomic E-state index is 14.0. The Hall–Kier alpha value is -1.51. The fourth-order valence-electron chi connectivity index (χ4n) is 2.76. The van der Waals surface area contributed by atoms with E-state index >= 15 is 0 Å². The van der Waals surface area contributed by atoms with Gasteiger partial charge < -0.3 is 9.84 Å². The summed E-state index contributed by atoms with van der Waals surface area (Å²) in [5.74, 6) is -2.35. The number of carbonyl (C=O) groups is 1. The second kappa shape index (κ2) is 5.04. The molecule has 6 nitrogen and oxygen atoms in total. The van der Waals surface area contributed by atoms with Gasteiger partial charge in [0.2, 0.25) is 10.0 Å². The molecular formula is C13H14FNO5S. The molecule has 0 aromatic heterocycles. The number of hydrogen-bond acceptors (Lipinski definition) is 4. The minimum Gasteiger partial charge on any atom is -0.478 e. The number of halogens is 1. The maximum atomic E-state index is 14.0. The lowest BCUT2D eigenvalue weighted by molar-refractivity contribution is -0.0115. The molecule has 2 unspecified atom stereocenters. The van der Waals surface area contributed by atoms with Gasteiger partial charge in [-0.15, -0.1) is 0 Å². The average Bonchev–Trinajstić information content (AvgIpc) is 2.76. The third kappa shape index (κ3) is 2.54. The Morgan fingerprint density at radius 1 is 1.29 bits per heavy atom. The molecule has 8 heteroatoms. The molecule has 114 valence electrons.